The van der Waals surface area contributed by atoms with Crippen LogP contribution in [0.25, 0.3) is 0 Å². The van der Waals surface area contributed by atoms with E-state index in [0.717, 1.165) is 63.8 Å². The smallest absolute Gasteiger partial charge is 0.229 e. The van der Waals surface area contributed by atoms with Gasteiger partial charge in [0.05, 0.1) is 15.6 Å². The molecule has 2 atom stereocenters. The molecule has 0 aromatic heterocycles. The van der Waals surface area contributed by atoms with Gasteiger partial charge >= 0.3 is 0 Å². The Morgan fingerprint density at radius 2 is 1.50 bits per heavy atom. The van der Waals surface area contributed by atoms with E-state index >= 15 is 0 Å². The van der Waals surface area contributed by atoms with Gasteiger partial charge in [-0.2, -0.15) is 0 Å². The van der Waals surface area contributed by atoms with Crippen molar-refractivity contribution < 1.29 is 21.6 Å². The summed E-state index contributed by atoms with van der Waals surface area (Å²) in [6, 6.07) is 17.1. The number of sulfone groups is 1. The second-order valence-electron chi connectivity index (χ2n) is 12.3. The molecule has 216 valence electrons. The lowest BCUT2D eigenvalue weighted by Crippen LogP contribution is -2.46. The van der Waals surface area contributed by atoms with E-state index < -0.39 is 19.9 Å². The van der Waals surface area contributed by atoms with Crippen molar-refractivity contribution in [1.29, 1.82) is 0 Å². The van der Waals surface area contributed by atoms with Crippen molar-refractivity contribution in [1.82, 2.24) is 14.1 Å². The van der Waals surface area contributed by atoms with Crippen molar-refractivity contribution in [2.75, 3.05) is 45.5 Å². The molecular formula is C30H39N3O5S2. The predicted molar refractivity (Wildman–Crippen MR) is 154 cm³/mol. The Bertz CT molecular complexity index is 1450. The minimum absolute atomic E-state index is 0.184. The fraction of sp³-hybridized carbons (Fsp3) is 0.567. The normalized spacial score (nSPS) is 26.1. The summed E-state index contributed by atoms with van der Waals surface area (Å²) in [5.41, 5.74) is 1.83. The van der Waals surface area contributed by atoms with Crippen LogP contribution >= 0.6 is 0 Å². The van der Waals surface area contributed by atoms with Gasteiger partial charge in [-0.05, 0) is 74.4 Å². The van der Waals surface area contributed by atoms with Crippen LogP contribution in [0.1, 0.15) is 49.1 Å². The lowest BCUT2D eigenvalue weighted by Gasteiger charge is -2.39. The van der Waals surface area contributed by atoms with Gasteiger partial charge in [0.1, 0.15) is 0 Å². The summed E-state index contributed by atoms with van der Waals surface area (Å²) in [7, 11) is -6.46. The van der Waals surface area contributed by atoms with E-state index in [1.807, 2.05) is 23.1 Å². The molecule has 8 nitrogen and oxygen atoms in total. The van der Waals surface area contributed by atoms with Crippen LogP contribution in [0.2, 0.25) is 0 Å². The Kier molecular flexibility index (Phi) is 7.34. The Labute approximate surface area is 238 Å². The maximum Gasteiger partial charge on any atom is 0.229 e. The van der Waals surface area contributed by atoms with Crippen molar-refractivity contribution in [3.05, 3.63) is 65.7 Å². The molecule has 0 N–H and O–H groups in total. The Morgan fingerprint density at radius 3 is 2.12 bits per heavy atom. The number of likely N-dealkylation sites (tertiary alicyclic amines) is 2. The van der Waals surface area contributed by atoms with E-state index in [0.29, 0.717) is 19.6 Å². The van der Waals surface area contributed by atoms with E-state index in [-0.39, 0.29) is 33.3 Å². The SMILES string of the molecule is CS(=O)(=O)c1ccc(CN2CCC3(CCN(C[C@H]4CN(S(=O)(=O)C5CC5)CC4c4ccccc4)CC3)C2=O)cc1. The topological polar surface area (TPSA) is 95.1 Å². The fourth-order valence-electron chi connectivity index (χ4n) is 6.94. The van der Waals surface area contributed by atoms with E-state index in [9.17, 15) is 21.6 Å². The standard InChI is InChI=1S/C30H39N3O5S2/c1-39(35,36)26-9-7-23(8-10-26)19-32-18-15-30(29(32)34)13-16-31(17-14-30)20-25-21-33(40(37,38)27-11-12-27)22-28(25)24-5-3-2-4-6-24/h2-10,25,27-28H,11-22H2,1H3/t25-,28?/m0/s1. The van der Waals surface area contributed by atoms with Gasteiger partial charge in [0.2, 0.25) is 15.9 Å². The van der Waals surface area contributed by atoms with Gasteiger partial charge in [-0.15, -0.1) is 0 Å². The summed E-state index contributed by atoms with van der Waals surface area (Å²) in [4.78, 5) is 18.2. The van der Waals surface area contributed by atoms with Gasteiger partial charge in [-0.3, -0.25) is 4.79 Å². The van der Waals surface area contributed by atoms with Crippen LogP contribution in [0.4, 0.5) is 0 Å². The molecule has 10 heteroatoms. The first kappa shape index (κ1) is 27.9. The van der Waals surface area contributed by atoms with Gasteiger partial charge in [-0.25, -0.2) is 21.1 Å². The third kappa shape index (κ3) is 5.47. The largest absolute Gasteiger partial charge is 0.338 e. The number of hydrogen-bond acceptors (Lipinski definition) is 6. The van der Waals surface area contributed by atoms with Crippen molar-refractivity contribution in [3.8, 4) is 0 Å². The van der Waals surface area contributed by atoms with Crippen LogP contribution < -0.4 is 0 Å². The Morgan fingerprint density at radius 1 is 0.850 bits per heavy atom. The molecule has 3 heterocycles. The summed E-state index contributed by atoms with van der Waals surface area (Å²) in [6.07, 6.45) is 5.26. The number of carbonyl (C=O) groups is 1. The number of carbonyl (C=O) groups excluding carboxylic acids is 1. The van der Waals surface area contributed by atoms with Crippen molar-refractivity contribution in [3.63, 3.8) is 0 Å². The lowest BCUT2D eigenvalue weighted by molar-refractivity contribution is -0.139. The zero-order valence-electron chi connectivity index (χ0n) is 23.1. The number of hydrogen-bond donors (Lipinski definition) is 0. The van der Waals surface area contributed by atoms with Crippen molar-refractivity contribution in [2.24, 2.45) is 11.3 Å². The number of nitrogens with zero attached hydrogens (tertiary/aromatic N) is 3. The fourth-order valence-corrected chi connectivity index (χ4v) is 9.50. The van der Waals surface area contributed by atoms with Crippen LogP contribution in [0.5, 0.6) is 0 Å². The summed E-state index contributed by atoms with van der Waals surface area (Å²) in [5, 5.41) is -0.188. The van der Waals surface area contributed by atoms with Crippen LogP contribution in [0, 0.1) is 11.3 Å². The molecule has 4 aliphatic rings. The van der Waals surface area contributed by atoms with Gasteiger partial charge in [0.25, 0.3) is 0 Å². The van der Waals surface area contributed by atoms with E-state index in [1.165, 1.54) is 11.8 Å². The third-order valence-electron chi connectivity index (χ3n) is 9.57. The molecule has 1 aliphatic carbocycles. The molecule has 1 amide bonds. The molecular weight excluding hydrogens is 546 g/mol. The van der Waals surface area contributed by atoms with Gasteiger partial charge in [-0.1, -0.05) is 42.5 Å². The second-order valence-corrected chi connectivity index (χ2v) is 16.5. The number of sulfonamides is 1. The molecule has 3 saturated heterocycles. The molecule has 0 bridgehead atoms. The highest BCUT2D eigenvalue weighted by atomic mass is 32.2. The first-order valence-electron chi connectivity index (χ1n) is 14.4. The summed E-state index contributed by atoms with van der Waals surface area (Å²) in [5.74, 6) is 0.628. The minimum Gasteiger partial charge on any atom is -0.338 e. The van der Waals surface area contributed by atoms with E-state index in [2.05, 4.69) is 17.0 Å². The number of rotatable bonds is 8. The highest BCUT2D eigenvalue weighted by molar-refractivity contribution is 7.90. The molecule has 1 saturated carbocycles. The van der Waals surface area contributed by atoms with Crippen LogP contribution in [-0.4, -0.2) is 87.6 Å². The molecule has 0 radical (unpaired) electrons. The van der Waals surface area contributed by atoms with Crippen LogP contribution in [0.3, 0.4) is 0 Å². The molecule has 1 spiro atoms. The maximum absolute atomic E-state index is 13.6. The van der Waals surface area contributed by atoms with Crippen molar-refractivity contribution >= 4 is 25.8 Å². The zero-order valence-corrected chi connectivity index (χ0v) is 24.7. The van der Waals surface area contributed by atoms with Crippen LogP contribution in [0.15, 0.2) is 59.5 Å². The molecule has 6 rings (SSSR count). The first-order valence-corrected chi connectivity index (χ1v) is 17.8. The number of amides is 1. The van der Waals surface area contributed by atoms with Gasteiger partial charge in [0.15, 0.2) is 9.84 Å². The van der Waals surface area contributed by atoms with Crippen LogP contribution in [-0.2, 0) is 31.2 Å². The Hall–Kier alpha value is -2.27. The Balaban J connectivity index is 1.08. The predicted octanol–water partition coefficient (Wildman–Crippen LogP) is 3.11. The number of benzene rings is 2. The maximum atomic E-state index is 13.6. The molecule has 2 aromatic carbocycles. The average Bonchev–Trinajstić information content (AvgIpc) is 3.66. The van der Waals surface area contributed by atoms with Gasteiger partial charge in [0, 0.05) is 44.9 Å². The van der Waals surface area contributed by atoms with Crippen molar-refractivity contribution in [2.45, 2.75) is 54.7 Å². The van der Waals surface area contributed by atoms with Gasteiger partial charge < -0.3 is 9.80 Å². The average molecular weight is 586 g/mol. The van der Waals surface area contributed by atoms with E-state index in [1.54, 1.807) is 28.6 Å². The highest BCUT2D eigenvalue weighted by Gasteiger charge is 2.49. The third-order valence-corrected chi connectivity index (χ3v) is 13.0. The highest BCUT2D eigenvalue weighted by Crippen LogP contribution is 2.44. The summed E-state index contributed by atoms with van der Waals surface area (Å²) < 4.78 is 51.4. The summed E-state index contributed by atoms with van der Waals surface area (Å²) in [6.45, 7) is 4.89. The molecule has 2 aromatic rings. The quantitative estimate of drug-likeness (QED) is 0.473. The summed E-state index contributed by atoms with van der Waals surface area (Å²) >= 11 is 0. The monoisotopic (exact) mass is 585 g/mol. The molecule has 1 unspecified atom stereocenters. The molecule has 3 aliphatic heterocycles. The second kappa shape index (κ2) is 10.5. The zero-order chi connectivity index (χ0) is 28.1. The molecule has 40 heavy (non-hydrogen) atoms. The van der Waals surface area contributed by atoms with E-state index in [4.69, 9.17) is 0 Å². The lowest BCUT2D eigenvalue weighted by atomic mass is 9.76. The minimum atomic E-state index is -3.24. The molecule has 4 fully saturated rings. The first-order chi connectivity index (χ1) is 19.0. The number of piperidine rings is 1.